The molecule has 0 aliphatic rings. The molecule has 0 amide bonds. The van der Waals surface area contributed by atoms with E-state index in [-0.39, 0.29) is 0 Å². The van der Waals surface area contributed by atoms with E-state index in [9.17, 15) is 0 Å². The van der Waals surface area contributed by atoms with Gasteiger partial charge in [0.1, 0.15) is 0 Å². The van der Waals surface area contributed by atoms with Crippen LogP contribution < -0.4 is 5.32 Å². The van der Waals surface area contributed by atoms with Gasteiger partial charge in [-0.25, -0.2) is 0 Å². The molecule has 1 rings (SSSR count). The van der Waals surface area contributed by atoms with Gasteiger partial charge >= 0.3 is 0 Å². The van der Waals surface area contributed by atoms with E-state index < -0.39 is 0 Å². The Labute approximate surface area is 130 Å². The monoisotopic (exact) mass is 292 g/mol. The molecule has 0 aliphatic heterocycles. The van der Waals surface area contributed by atoms with Gasteiger partial charge in [-0.1, -0.05) is 36.8 Å². The summed E-state index contributed by atoms with van der Waals surface area (Å²) in [6, 6.07) is 9.74. The molecule has 3 heteroatoms. The summed E-state index contributed by atoms with van der Waals surface area (Å²) in [5.74, 6) is 0. The molecule has 3 nitrogen and oxygen atoms in total. The Balaban J connectivity index is 2.73. The Kier molecular flexibility index (Phi) is 8.58. The second kappa shape index (κ2) is 9.93. The molecule has 2 unspecified atom stereocenters. The van der Waals surface area contributed by atoms with Gasteiger partial charge in [-0.3, -0.25) is 0 Å². The Bertz CT molecular complexity index is 377. The van der Waals surface area contributed by atoms with Gasteiger partial charge in [-0.15, -0.1) is 0 Å². The van der Waals surface area contributed by atoms with E-state index in [2.05, 4.69) is 62.3 Å². The molecule has 1 aromatic carbocycles. The Morgan fingerprint density at radius 2 is 1.90 bits per heavy atom. The average molecular weight is 292 g/mol. The lowest BCUT2D eigenvalue weighted by Gasteiger charge is -2.33. The largest absolute Gasteiger partial charge is 0.385 e. The molecule has 0 heterocycles. The Hall–Kier alpha value is -0.900. The molecular weight excluding hydrogens is 260 g/mol. The molecule has 0 radical (unpaired) electrons. The summed E-state index contributed by atoms with van der Waals surface area (Å²) >= 11 is 0. The third kappa shape index (κ3) is 6.16. The van der Waals surface area contributed by atoms with E-state index in [0.29, 0.717) is 12.1 Å². The summed E-state index contributed by atoms with van der Waals surface area (Å²) in [4.78, 5) is 2.42. The van der Waals surface area contributed by atoms with Crippen molar-refractivity contribution in [1.82, 2.24) is 10.2 Å². The first-order chi connectivity index (χ1) is 10.1. The van der Waals surface area contributed by atoms with Crippen LogP contribution in [0.15, 0.2) is 24.3 Å². The van der Waals surface area contributed by atoms with Crippen LogP contribution in [0.25, 0.3) is 0 Å². The van der Waals surface area contributed by atoms with E-state index in [1.807, 2.05) is 0 Å². The van der Waals surface area contributed by atoms with Gasteiger partial charge in [0, 0.05) is 32.3 Å². The summed E-state index contributed by atoms with van der Waals surface area (Å²) in [7, 11) is 3.97. The summed E-state index contributed by atoms with van der Waals surface area (Å²) in [5, 5.41) is 3.70. The number of likely N-dealkylation sites (N-methyl/N-ethyl adjacent to an activating group) is 1. The van der Waals surface area contributed by atoms with Gasteiger partial charge in [-0.2, -0.15) is 0 Å². The van der Waals surface area contributed by atoms with Crippen molar-refractivity contribution >= 4 is 0 Å². The van der Waals surface area contributed by atoms with E-state index >= 15 is 0 Å². The zero-order chi connectivity index (χ0) is 15.7. The molecule has 2 atom stereocenters. The predicted octanol–water partition coefficient (Wildman–Crippen LogP) is 3.39. The molecule has 0 bridgehead atoms. The van der Waals surface area contributed by atoms with Crippen LogP contribution in [-0.4, -0.2) is 44.8 Å². The fourth-order valence-electron chi connectivity index (χ4n) is 2.56. The van der Waals surface area contributed by atoms with E-state index in [0.717, 1.165) is 32.5 Å². The minimum Gasteiger partial charge on any atom is -0.385 e. The Morgan fingerprint density at radius 3 is 2.48 bits per heavy atom. The van der Waals surface area contributed by atoms with Gasteiger partial charge in [0.05, 0.1) is 0 Å². The van der Waals surface area contributed by atoms with Crippen molar-refractivity contribution in [3.05, 3.63) is 35.4 Å². The first-order valence-electron chi connectivity index (χ1n) is 8.09. The third-order valence-electron chi connectivity index (χ3n) is 4.09. The highest BCUT2D eigenvalue weighted by Crippen LogP contribution is 2.21. The number of benzene rings is 1. The van der Waals surface area contributed by atoms with Crippen LogP contribution in [-0.2, 0) is 4.74 Å². The van der Waals surface area contributed by atoms with Gasteiger partial charge < -0.3 is 15.0 Å². The van der Waals surface area contributed by atoms with Crippen LogP contribution >= 0.6 is 0 Å². The smallest absolute Gasteiger partial charge is 0.0475 e. The number of ether oxygens (including phenoxy) is 1. The average Bonchev–Trinajstić information content (AvgIpc) is 2.49. The normalized spacial score (nSPS) is 14.4. The molecule has 21 heavy (non-hydrogen) atoms. The number of nitrogens with zero attached hydrogens (tertiary/aromatic N) is 1. The molecule has 1 N–H and O–H groups in total. The van der Waals surface area contributed by atoms with Crippen molar-refractivity contribution in [2.45, 2.75) is 45.7 Å². The van der Waals surface area contributed by atoms with Crippen molar-refractivity contribution in [2.75, 3.05) is 33.9 Å². The molecule has 0 fully saturated rings. The maximum atomic E-state index is 5.15. The first kappa shape index (κ1) is 18.1. The Morgan fingerprint density at radius 1 is 1.24 bits per heavy atom. The van der Waals surface area contributed by atoms with Gasteiger partial charge in [0.15, 0.2) is 0 Å². The number of aryl methyl sites for hydroxylation is 1. The van der Waals surface area contributed by atoms with Crippen LogP contribution in [0.1, 0.15) is 43.9 Å². The summed E-state index contributed by atoms with van der Waals surface area (Å²) in [6.07, 6.45) is 2.23. The van der Waals surface area contributed by atoms with Crippen LogP contribution in [0.3, 0.4) is 0 Å². The lowest BCUT2D eigenvalue weighted by atomic mass is 9.98. The summed E-state index contributed by atoms with van der Waals surface area (Å²) < 4.78 is 5.15. The van der Waals surface area contributed by atoms with Crippen molar-refractivity contribution in [3.8, 4) is 0 Å². The SMILES string of the molecule is CCCNC(c1ccc(C)cc1)C(C)N(C)CCCOC. The highest BCUT2D eigenvalue weighted by Gasteiger charge is 2.21. The summed E-state index contributed by atoms with van der Waals surface area (Å²) in [5.41, 5.74) is 2.69. The lowest BCUT2D eigenvalue weighted by Crippen LogP contribution is -2.41. The van der Waals surface area contributed by atoms with Crippen LogP contribution in [0.2, 0.25) is 0 Å². The van der Waals surface area contributed by atoms with E-state index in [4.69, 9.17) is 4.74 Å². The third-order valence-corrected chi connectivity index (χ3v) is 4.09. The van der Waals surface area contributed by atoms with Crippen LogP contribution in [0, 0.1) is 6.92 Å². The van der Waals surface area contributed by atoms with Crippen molar-refractivity contribution in [1.29, 1.82) is 0 Å². The maximum Gasteiger partial charge on any atom is 0.0475 e. The lowest BCUT2D eigenvalue weighted by molar-refractivity contribution is 0.156. The second-order valence-corrected chi connectivity index (χ2v) is 5.91. The van der Waals surface area contributed by atoms with Gasteiger partial charge in [-0.05, 0) is 45.8 Å². The number of rotatable bonds is 10. The highest BCUT2D eigenvalue weighted by atomic mass is 16.5. The topological polar surface area (TPSA) is 24.5 Å². The molecular formula is C18H32N2O. The van der Waals surface area contributed by atoms with Crippen LogP contribution in [0.4, 0.5) is 0 Å². The van der Waals surface area contributed by atoms with Crippen molar-refractivity contribution < 1.29 is 4.74 Å². The second-order valence-electron chi connectivity index (χ2n) is 5.91. The quantitative estimate of drug-likeness (QED) is 0.669. The zero-order valence-electron chi connectivity index (χ0n) is 14.4. The number of hydrogen-bond donors (Lipinski definition) is 1. The predicted molar refractivity (Wildman–Crippen MR) is 90.8 cm³/mol. The van der Waals surface area contributed by atoms with Gasteiger partial charge in [0.25, 0.3) is 0 Å². The molecule has 120 valence electrons. The van der Waals surface area contributed by atoms with Crippen LogP contribution in [0.5, 0.6) is 0 Å². The molecule has 0 saturated carbocycles. The highest BCUT2D eigenvalue weighted by molar-refractivity contribution is 5.25. The van der Waals surface area contributed by atoms with E-state index in [1.165, 1.54) is 11.1 Å². The standard InChI is InChI=1S/C18H32N2O/c1-6-12-19-18(17-10-8-15(2)9-11-17)16(3)20(4)13-7-14-21-5/h8-11,16,18-19H,6-7,12-14H2,1-5H3. The first-order valence-corrected chi connectivity index (χ1v) is 8.09. The minimum atomic E-state index is 0.373. The number of hydrogen-bond acceptors (Lipinski definition) is 3. The van der Waals surface area contributed by atoms with Crippen molar-refractivity contribution in [2.24, 2.45) is 0 Å². The minimum absolute atomic E-state index is 0.373. The summed E-state index contributed by atoms with van der Waals surface area (Å²) in [6.45, 7) is 9.60. The van der Waals surface area contributed by atoms with Gasteiger partial charge in [0.2, 0.25) is 0 Å². The molecule has 0 spiro atoms. The molecule has 0 saturated heterocycles. The fourth-order valence-corrected chi connectivity index (χ4v) is 2.56. The molecule has 0 aromatic heterocycles. The van der Waals surface area contributed by atoms with E-state index in [1.54, 1.807) is 7.11 Å². The fraction of sp³-hybridized carbons (Fsp3) is 0.667. The maximum absolute atomic E-state index is 5.15. The van der Waals surface area contributed by atoms with Crippen molar-refractivity contribution in [3.63, 3.8) is 0 Å². The number of nitrogens with one attached hydrogen (secondary N) is 1. The number of methoxy groups -OCH3 is 1. The zero-order valence-corrected chi connectivity index (χ0v) is 14.4. The molecule has 1 aromatic rings. The molecule has 0 aliphatic carbocycles.